The first-order valence-corrected chi connectivity index (χ1v) is 6.06. The number of carbonyl (C=O) groups is 1. The Morgan fingerprint density at radius 1 is 1.53 bits per heavy atom. The highest BCUT2D eigenvalue weighted by molar-refractivity contribution is 5.68. The number of alkyl carbamates (subject to hydrolysis) is 1. The van der Waals surface area contributed by atoms with Gasteiger partial charge in [0.25, 0.3) is 0 Å². The van der Waals surface area contributed by atoms with E-state index in [1.807, 2.05) is 0 Å². The minimum atomic E-state index is -0.553. The first-order valence-electron chi connectivity index (χ1n) is 6.06. The molecule has 1 aromatic rings. The van der Waals surface area contributed by atoms with Gasteiger partial charge in [-0.2, -0.15) is 0 Å². The van der Waals surface area contributed by atoms with Crippen LogP contribution in [0.2, 0.25) is 0 Å². The summed E-state index contributed by atoms with van der Waals surface area (Å²) in [6.45, 7) is 5.62. The average Bonchev–Trinajstić information content (AvgIpc) is 2.33. The zero-order valence-electron chi connectivity index (χ0n) is 11.8. The summed E-state index contributed by atoms with van der Waals surface area (Å²) in [6.07, 6.45) is 1.09. The first-order chi connectivity index (χ1) is 8.87. The average molecular weight is 267 g/mol. The van der Waals surface area contributed by atoms with Crippen molar-refractivity contribution >= 4 is 6.09 Å². The molecule has 0 fully saturated rings. The number of ether oxygens (including phenoxy) is 2. The predicted octanol–water partition coefficient (Wildman–Crippen LogP) is 1.61. The fourth-order valence-electron chi connectivity index (χ4n) is 1.55. The number of rotatable bonds is 4. The van der Waals surface area contributed by atoms with Crippen LogP contribution in [0.4, 0.5) is 4.79 Å². The summed E-state index contributed by atoms with van der Waals surface area (Å²) >= 11 is 0. The van der Waals surface area contributed by atoms with Crippen molar-refractivity contribution in [3.8, 4) is 5.88 Å². The van der Waals surface area contributed by atoms with Gasteiger partial charge in [-0.3, -0.25) is 0 Å². The molecule has 0 saturated heterocycles. The van der Waals surface area contributed by atoms with Crippen LogP contribution in [0.3, 0.4) is 0 Å². The minimum absolute atomic E-state index is 0.224. The van der Waals surface area contributed by atoms with Crippen molar-refractivity contribution in [3.05, 3.63) is 23.9 Å². The van der Waals surface area contributed by atoms with Gasteiger partial charge in [0.2, 0.25) is 5.88 Å². The van der Waals surface area contributed by atoms with Gasteiger partial charge in [-0.25, -0.2) is 9.78 Å². The molecule has 106 valence electrons. The second-order valence-electron chi connectivity index (χ2n) is 5.04. The Balaban J connectivity index is 2.81. The molecular weight excluding hydrogens is 246 g/mol. The van der Waals surface area contributed by atoms with Crippen molar-refractivity contribution in [1.29, 1.82) is 0 Å². The lowest BCUT2D eigenvalue weighted by atomic mass is 10.1. The fourth-order valence-corrected chi connectivity index (χ4v) is 1.55. The zero-order valence-corrected chi connectivity index (χ0v) is 11.8. The number of carbonyl (C=O) groups excluding carboxylic acids is 1. The molecular formula is C13H21N3O3. The van der Waals surface area contributed by atoms with E-state index in [0.29, 0.717) is 5.88 Å². The third-order valence-electron chi connectivity index (χ3n) is 2.30. The molecule has 1 rings (SSSR count). The second kappa shape index (κ2) is 6.38. The van der Waals surface area contributed by atoms with E-state index in [0.717, 1.165) is 5.56 Å². The van der Waals surface area contributed by atoms with E-state index in [4.69, 9.17) is 15.2 Å². The van der Waals surface area contributed by atoms with Crippen LogP contribution in [0.15, 0.2) is 18.3 Å². The molecule has 0 aliphatic carbocycles. The molecule has 0 radical (unpaired) electrons. The van der Waals surface area contributed by atoms with Crippen molar-refractivity contribution in [1.82, 2.24) is 10.3 Å². The van der Waals surface area contributed by atoms with Gasteiger partial charge in [0.1, 0.15) is 5.60 Å². The third-order valence-corrected chi connectivity index (χ3v) is 2.30. The van der Waals surface area contributed by atoms with Crippen molar-refractivity contribution < 1.29 is 14.3 Å². The standard InChI is InChI=1S/C13H21N3O3/c1-13(2,3)19-12(17)16-10(8-14)9-6-5-7-15-11(9)18-4/h5-7,10H,8,14H2,1-4H3,(H,16,17). The van der Waals surface area contributed by atoms with Gasteiger partial charge in [0.05, 0.1) is 13.2 Å². The Kier molecular flexibility index (Phi) is 5.11. The van der Waals surface area contributed by atoms with Gasteiger partial charge in [-0.05, 0) is 32.9 Å². The van der Waals surface area contributed by atoms with Gasteiger partial charge < -0.3 is 20.5 Å². The minimum Gasteiger partial charge on any atom is -0.481 e. The first kappa shape index (κ1) is 15.2. The number of pyridine rings is 1. The molecule has 1 aromatic heterocycles. The normalized spacial score (nSPS) is 12.7. The van der Waals surface area contributed by atoms with Gasteiger partial charge in [0, 0.05) is 18.3 Å². The van der Waals surface area contributed by atoms with E-state index in [1.54, 1.807) is 39.1 Å². The number of nitrogens with zero attached hydrogens (tertiary/aromatic N) is 1. The van der Waals surface area contributed by atoms with Crippen molar-refractivity contribution in [2.24, 2.45) is 5.73 Å². The number of amides is 1. The Morgan fingerprint density at radius 3 is 2.74 bits per heavy atom. The molecule has 0 bridgehead atoms. The maximum Gasteiger partial charge on any atom is 0.408 e. The second-order valence-corrected chi connectivity index (χ2v) is 5.04. The smallest absolute Gasteiger partial charge is 0.408 e. The predicted molar refractivity (Wildman–Crippen MR) is 72.0 cm³/mol. The van der Waals surface area contributed by atoms with Crippen molar-refractivity contribution in [2.45, 2.75) is 32.4 Å². The largest absolute Gasteiger partial charge is 0.481 e. The van der Waals surface area contributed by atoms with Crippen LogP contribution in [0.1, 0.15) is 32.4 Å². The van der Waals surface area contributed by atoms with E-state index in [9.17, 15) is 4.79 Å². The lowest BCUT2D eigenvalue weighted by molar-refractivity contribution is 0.0504. The van der Waals surface area contributed by atoms with Crippen LogP contribution < -0.4 is 15.8 Å². The summed E-state index contributed by atoms with van der Waals surface area (Å²) in [5.41, 5.74) is 5.85. The van der Waals surface area contributed by atoms with Crippen molar-refractivity contribution in [2.75, 3.05) is 13.7 Å². The zero-order chi connectivity index (χ0) is 14.5. The monoisotopic (exact) mass is 267 g/mol. The molecule has 0 aromatic carbocycles. The SMILES string of the molecule is COc1ncccc1C(CN)NC(=O)OC(C)(C)C. The molecule has 0 saturated carbocycles. The molecule has 0 aliphatic rings. The van der Waals surface area contributed by atoms with E-state index in [-0.39, 0.29) is 6.54 Å². The number of hydrogen-bond acceptors (Lipinski definition) is 5. The number of hydrogen-bond donors (Lipinski definition) is 2. The lowest BCUT2D eigenvalue weighted by Crippen LogP contribution is -2.38. The molecule has 6 heteroatoms. The van der Waals surface area contributed by atoms with E-state index < -0.39 is 17.7 Å². The topological polar surface area (TPSA) is 86.5 Å². The molecule has 1 heterocycles. The lowest BCUT2D eigenvalue weighted by Gasteiger charge is -2.23. The highest BCUT2D eigenvalue weighted by atomic mass is 16.6. The van der Waals surface area contributed by atoms with Gasteiger partial charge in [-0.15, -0.1) is 0 Å². The summed E-state index contributed by atoms with van der Waals surface area (Å²) in [7, 11) is 1.52. The molecule has 0 spiro atoms. The highest BCUT2D eigenvalue weighted by Gasteiger charge is 2.21. The maximum absolute atomic E-state index is 11.8. The van der Waals surface area contributed by atoms with E-state index >= 15 is 0 Å². The van der Waals surface area contributed by atoms with Gasteiger partial charge >= 0.3 is 6.09 Å². The van der Waals surface area contributed by atoms with Gasteiger partial charge in [0.15, 0.2) is 0 Å². The Hall–Kier alpha value is -1.82. The highest BCUT2D eigenvalue weighted by Crippen LogP contribution is 2.21. The van der Waals surface area contributed by atoms with E-state index in [1.165, 1.54) is 7.11 Å². The Bertz CT molecular complexity index is 429. The summed E-state index contributed by atoms with van der Waals surface area (Å²) in [5.74, 6) is 0.439. The molecule has 0 aliphatic heterocycles. The van der Waals surface area contributed by atoms with Crippen LogP contribution in [0.25, 0.3) is 0 Å². The number of nitrogens with one attached hydrogen (secondary N) is 1. The third kappa shape index (κ3) is 4.75. The molecule has 1 atom stereocenters. The summed E-state index contributed by atoms with van der Waals surface area (Å²) < 4.78 is 10.4. The Morgan fingerprint density at radius 2 is 2.21 bits per heavy atom. The number of methoxy groups -OCH3 is 1. The van der Waals surface area contributed by atoms with Crippen molar-refractivity contribution in [3.63, 3.8) is 0 Å². The van der Waals surface area contributed by atoms with Crippen LogP contribution >= 0.6 is 0 Å². The molecule has 6 nitrogen and oxygen atoms in total. The maximum atomic E-state index is 11.8. The molecule has 1 unspecified atom stereocenters. The summed E-state index contributed by atoms with van der Waals surface area (Å²) in [4.78, 5) is 15.8. The Labute approximate surface area is 113 Å². The van der Waals surface area contributed by atoms with Crippen LogP contribution in [-0.4, -0.2) is 30.3 Å². The van der Waals surface area contributed by atoms with Gasteiger partial charge in [-0.1, -0.05) is 0 Å². The van der Waals surface area contributed by atoms with Crippen LogP contribution in [0.5, 0.6) is 5.88 Å². The van der Waals surface area contributed by atoms with Crippen LogP contribution in [-0.2, 0) is 4.74 Å². The number of aromatic nitrogens is 1. The summed E-state index contributed by atoms with van der Waals surface area (Å²) in [5, 5.41) is 2.71. The number of nitrogens with two attached hydrogens (primary N) is 1. The van der Waals surface area contributed by atoms with Crippen LogP contribution in [0, 0.1) is 0 Å². The fraction of sp³-hybridized carbons (Fsp3) is 0.538. The quantitative estimate of drug-likeness (QED) is 0.865. The molecule has 19 heavy (non-hydrogen) atoms. The summed E-state index contributed by atoms with van der Waals surface area (Å²) in [6, 6.07) is 3.16. The molecule has 1 amide bonds. The molecule has 3 N–H and O–H groups in total. The van der Waals surface area contributed by atoms with E-state index in [2.05, 4.69) is 10.3 Å².